The molecule has 0 bridgehead atoms. The van der Waals surface area contributed by atoms with E-state index in [-0.39, 0.29) is 0 Å². The highest BCUT2D eigenvalue weighted by atomic mass is 127. The van der Waals surface area contributed by atoms with Crippen molar-refractivity contribution in [2.45, 2.75) is 31.7 Å². The van der Waals surface area contributed by atoms with Crippen molar-refractivity contribution in [3.05, 3.63) is 16.0 Å². The van der Waals surface area contributed by atoms with Crippen LogP contribution in [-0.4, -0.2) is 35.6 Å². The average Bonchev–Trinajstić information content (AvgIpc) is 3.04. The molecule has 1 aromatic rings. The van der Waals surface area contributed by atoms with Crippen LogP contribution in [0, 0.1) is 9.49 Å². The Morgan fingerprint density at radius 3 is 2.61 bits per heavy atom. The van der Waals surface area contributed by atoms with E-state index in [4.69, 9.17) is 0 Å². The van der Waals surface area contributed by atoms with Crippen LogP contribution in [0.1, 0.15) is 25.7 Å². The van der Waals surface area contributed by atoms with Crippen molar-refractivity contribution < 1.29 is 0 Å². The smallest absolute Gasteiger partial charge is 0.225 e. The first-order valence-corrected chi connectivity index (χ1v) is 7.85. The summed E-state index contributed by atoms with van der Waals surface area (Å²) >= 11 is 2.25. The fraction of sp³-hybridized carbons (Fsp3) is 0.692. The van der Waals surface area contributed by atoms with E-state index < -0.39 is 0 Å². The van der Waals surface area contributed by atoms with E-state index in [2.05, 4.69) is 42.8 Å². The van der Waals surface area contributed by atoms with E-state index in [1.165, 1.54) is 25.7 Å². The van der Waals surface area contributed by atoms with Crippen LogP contribution in [0.4, 0.5) is 5.95 Å². The molecule has 0 spiro atoms. The second kappa shape index (κ2) is 5.69. The summed E-state index contributed by atoms with van der Waals surface area (Å²) in [4.78, 5) is 11.3. The highest BCUT2D eigenvalue weighted by Gasteiger charge is 2.27. The monoisotopic (exact) mass is 358 g/mol. The molecule has 1 aromatic heterocycles. The minimum Gasteiger partial charge on any atom is -0.339 e. The van der Waals surface area contributed by atoms with Gasteiger partial charge in [-0.25, -0.2) is 9.97 Å². The van der Waals surface area contributed by atoms with Gasteiger partial charge in [-0.05, 0) is 60.7 Å². The van der Waals surface area contributed by atoms with Crippen LogP contribution in [0.2, 0.25) is 0 Å². The third-order valence-corrected chi connectivity index (χ3v) is 4.23. The summed E-state index contributed by atoms with van der Waals surface area (Å²) in [5.74, 6) is 1.77. The summed E-state index contributed by atoms with van der Waals surface area (Å²) in [5, 5.41) is 3.56. The largest absolute Gasteiger partial charge is 0.339 e. The molecule has 0 amide bonds. The van der Waals surface area contributed by atoms with Gasteiger partial charge in [-0.2, -0.15) is 0 Å². The SMILES string of the molecule is Ic1cnc(N(CC2CC2)CC2CCCN2)nc1. The van der Waals surface area contributed by atoms with Crippen molar-refractivity contribution in [1.29, 1.82) is 0 Å². The van der Waals surface area contributed by atoms with Gasteiger partial charge in [-0.3, -0.25) is 0 Å². The van der Waals surface area contributed by atoms with Gasteiger partial charge in [-0.1, -0.05) is 0 Å². The Bertz CT molecular complexity index is 384. The average molecular weight is 358 g/mol. The molecular weight excluding hydrogens is 339 g/mol. The zero-order chi connectivity index (χ0) is 12.4. The number of halogens is 1. The van der Waals surface area contributed by atoms with Crippen LogP contribution in [0.3, 0.4) is 0 Å². The third-order valence-electron chi connectivity index (χ3n) is 3.67. The number of aromatic nitrogens is 2. The molecule has 2 fully saturated rings. The first-order valence-electron chi connectivity index (χ1n) is 6.77. The zero-order valence-corrected chi connectivity index (χ0v) is 12.6. The molecule has 0 radical (unpaired) electrons. The van der Waals surface area contributed by atoms with Crippen molar-refractivity contribution in [3.8, 4) is 0 Å². The number of nitrogens with one attached hydrogen (secondary N) is 1. The van der Waals surface area contributed by atoms with Crippen molar-refractivity contribution in [2.75, 3.05) is 24.5 Å². The van der Waals surface area contributed by atoms with Gasteiger partial charge in [0.15, 0.2) is 0 Å². The maximum Gasteiger partial charge on any atom is 0.225 e. The molecule has 2 aliphatic rings. The summed E-state index contributed by atoms with van der Waals surface area (Å²) < 4.78 is 1.10. The number of hydrogen-bond donors (Lipinski definition) is 1. The lowest BCUT2D eigenvalue weighted by Gasteiger charge is -2.25. The Morgan fingerprint density at radius 2 is 2.00 bits per heavy atom. The van der Waals surface area contributed by atoms with E-state index in [1.54, 1.807) is 0 Å². The van der Waals surface area contributed by atoms with Crippen LogP contribution in [0.25, 0.3) is 0 Å². The van der Waals surface area contributed by atoms with Gasteiger partial charge in [-0.15, -0.1) is 0 Å². The van der Waals surface area contributed by atoms with Crippen LogP contribution in [0.5, 0.6) is 0 Å². The Morgan fingerprint density at radius 1 is 1.22 bits per heavy atom. The molecule has 1 atom stereocenters. The Hall–Kier alpha value is -0.430. The Balaban J connectivity index is 1.68. The van der Waals surface area contributed by atoms with E-state index in [1.807, 2.05) is 12.4 Å². The Labute approximate surface area is 122 Å². The fourth-order valence-electron chi connectivity index (χ4n) is 2.50. The summed E-state index contributed by atoms with van der Waals surface area (Å²) in [6.07, 6.45) is 9.15. The normalized spacial score (nSPS) is 23.3. The lowest BCUT2D eigenvalue weighted by atomic mass is 10.2. The maximum absolute atomic E-state index is 4.48. The third kappa shape index (κ3) is 3.32. The summed E-state index contributed by atoms with van der Waals surface area (Å²) in [6, 6.07) is 0.617. The summed E-state index contributed by atoms with van der Waals surface area (Å²) in [6.45, 7) is 3.34. The molecular formula is C13H19IN4. The molecule has 18 heavy (non-hydrogen) atoms. The highest BCUT2D eigenvalue weighted by molar-refractivity contribution is 14.1. The van der Waals surface area contributed by atoms with Crippen molar-refractivity contribution >= 4 is 28.5 Å². The molecule has 98 valence electrons. The van der Waals surface area contributed by atoms with E-state index in [0.717, 1.165) is 35.1 Å². The topological polar surface area (TPSA) is 41.1 Å². The lowest BCUT2D eigenvalue weighted by molar-refractivity contribution is 0.563. The van der Waals surface area contributed by atoms with Gasteiger partial charge < -0.3 is 10.2 Å². The number of rotatable bonds is 5. The van der Waals surface area contributed by atoms with Gasteiger partial charge in [0.2, 0.25) is 5.95 Å². The van der Waals surface area contributed by atoms with E-state index in [9.17, 15) is 0 Å². The van der Waals surface area contributed by atoms with Crippen LogP contribution >= 0.6 is 22.6 Å². The predicted molar refractivity (Wildman–Crippen MR) is 80.7 cm³/mol. The number of hydrogen-bond acceptors (Lipinski definition) is 4. The van der Waals surface area contributed by atoms with Gasteiger partial charge in [0.1, 0.15) is 0 Å². The van der Waals surface area contributed by atoms with Gasteiger partial charge in [0, 0.05) is 35.1 Å². The van der Waals surface area contributed by atoms with Crippen LogP contribution in [-0.2, 0) is 0 Å². The molecule has 1 saturated carbocycles. The van der Waals surface area contributed by atoms with Gasteiger partial charge >= 0.3 is 0 Å². The lowest BCUT2D eigenvalue weighted by Crippen LogP contribution is -2.39. The molecule has 2 heterocycles. The molecule has 1 unspecified atom stereocenters. The molecule has 1 N–H and O–H groups in total. The minimum atomic E-state index is 0.617. The van der Waals surface area contributed by atoms with Crippen molar-refractivity contribution in [2.24, 2.45) is 5.92 Å². The predicted octanol–water partition coefficient (Wildman–Crippen LogP) is 2.05. The van der Waals surface area contributed by atoms with Gasteiger partial charge in [0.25, 0.3) is 0 Å². The minimum absolute atomic E-state index is 0.617. The summed E-state index contributed by atoms with van der Waals surface area (Å²) in [5.41, 5.74) is 0. The van der Waals surface area contributed by atoms with E-state index in [0.29, 0.717) is 6.04 Å². The first-order chi connectivity index (χ1) is 8.81. The zero-order valence-electron chi connectivity index (χ0n) is 10.5. The molecule has 4 nitrogen and oxygen atoms in total. The quantitative estimate of drug-likeness (QED) is 0.819. The van der Waals surface area contributed by atoms with Crippen LogP contribution < -0.4 is 10.2 Å². The summed E-state index contributed by atoms with van der Waals surface area (Å²) in [7, 11) is 0. The second-order valence-corrected chi connectivity index (χ2v) is 6.59. The van der Waals surface area contributed by atoms with Crippen LogP contribution in [0.15, 0.2) is 12.4 Å². The molecule has 1 aliphatic heterocycles. The fourth-order valence-corrected chi connectivity index (χ4v) is 2.78. The molecule has 5 heteroatoms. The van der Waals surface area contributed by atoms with Crippen molar-refractivity contribution in [1.82, 2.24) is 15.3 Å². The van der Waals surface area contributed by atoms with Gasteiger partial charge in [0.05, 0.1) is 0 Å². The number of anilines is 1. The molecule has 1 saturated heterocycles. The molecule has 0 aromatic carbocycles. The van der Waals surface area contributed by atoms with Crippen molar-refractivity contribution in [3.63, 3.8) is 0 Å². The standard InChI is InChI=1S/C13H19IN4/c14-11-6-16-13(17-7-11)18(8-10-3-4-10)9-12-2-1-5-15-12/h6-7,10,12,15H,1-5,8-9H2. The van der Waals surface area contributed by atoms with E-state index >= 15 is 0 Å². The number of nitrogens with zero attached hydrogens (tertiary/aromatic N) is 3. The first kappa shape index (κ1) is 12.6. The maximum atomic E-state index is 4.48. The molecule has 1 aliphatic carbocycles. The Kier molecular flexibility index (Phi) is 3.98. The highest BCUT2D eigenvalue weighted by Crippen LogP contribution is 2.31. The molecule has 3 rings (SSSR count). The second-order valence-electron chi connectivity index (χ2n) is 5.34.